The summed E-state index contributed by atoms with van der Waals surface area (Å²) in [7, 11) is 0. The van der Waals surface area contributed by atoms with Crippen LogP contribution >= 0.6 is 23.4 Å². The number of nitrogens with zero attached hydrogens (tertiary/aromatic N) is 1. The van der Waals surface area contributed by atoms with E-state index in [-0.39, 0.29) is 11.5 Å². The van der Waals surface area contributed by atoms with Crippen molar-refractivity contribution in [2.24, 2.45) is 0 Å². The molecule has 6 heteroatoms. The van der Waals surface area contributed by atoms with E-state index in [4.69, 9.17) is 11.6 Å². The summed E-state index contributed by atoms with van der Waals surface area (Å²) < 4.78 is 0. The monoisotopic (exact) mass is 406 g/mol. The largest absolute Gasteiger partial charge is 0.282 e. The number of nitrogens with one attached hydrogen (secondary N) is 1. The Bertz CT molecular complexity index is 1050. The number of hydrogen-bond donors (Lipinski definition) is 1. The standard InChI is InChI=1S/C22H15ClN2O2S/c23-16-8-12-19(13-9-16)28-18-10-6-15(7-11-18)14-20-21(26)24-25(22(20)27)17-4-2-1-3-5-17/h1-14H,(H,24,26)/b20-14-. The first kappa shape index (κ1) is 18.3. The minimum absolute atomic E-state index is 0.113. The normalized spacial score (nSPS) is 15.2. The van der Waals surface area contributed by atoms with Crippen molar-refractivity contribution in [2.75, 3.05) is 5.01 Å². The molecule has 1 N–H and O–H groups in total. The zero-order valence-corrected chi connectivity index (χ0v) is 16.2. The molecule has 0 aliphatic carbocycles. The number of anilines is 1. The van der Waals surface area contributed by atoms with Crippen molar-refractivity contribution in [3.8, 4) is 0 Å². The minimum Gasteiger partial charge on any atom is -0.267 e. The van der Waals surface area contributed by atoms with Gasteiger partial charge in [0.25, 0.3) is 11.8 Å². The highest BCUT2D eigenvalue weighted by atomic mass is 35.5. The molecule has 1 saturated heterocycles. The van der Waals surface area contributed by atoms with Crippen molar-refractivity contribution < 1.29 is 9.59 Å². The maximum atomic E-state index is 12.6. The van der Waals surface area contributed by atoms with E-state index in [2.05, 4.69) is 5.43 Å². The van der Waals surface area contributed by atoms with Crippen molar-refractivity contribution in [1.82, 2.24) is 5.43 Å². The molecule has 1 heterocycles. The highest BCUT2D eigenvalue weighted by molar-refractivity contribution is 7.99. The molecule has 3 aromatic rings. The van der Waals surface area contributed by atoms with Gasteiger partial charge in [-0.2, -0.15) is 0 Å². The number of rotatable bonds is 4. The fourth-order valence-electron chi connectivity index (χ4n) is 2.75. The number of hydrazine groups is 1. The lowest BCUT2D eigenvalue weighted by molar-refractivity contribution is -0.117. The van der Waals surface area contributed by atoms with Crippen LogP contribution in [-0.4, -0.2) is 11.8 Å². The van der Waals surface area contributed by atoms with Gasteiger partial charge >= 0.3 is 0 Å². The summed E-state index contributed by atoms with van der Waals surface area (Å²) in [4.78, 5) is 27.0. The smallest absolute Gasteiger partial charge is 0.267 e. The first-order chi connectivity index (χ1) is 13.6. The van der Waals surface area contributed by atoms with Crippen molar-refractivity contribution in [3.05, 3.63) is 95.0 Å². The zero-order valence-electron chi connectivity index (χ0n) is 14.6. The Hall–Kier alpha value is -3.02. The Morgan fingerprint density at radius 2 is 1.43 bits per heavy atom. The molecule has 0 bridgehead atoms. The summed E-state index contributed by atoms with van der Waals surface area (Å²) in [5, 5.41) is 1.97. The van der Waals surface area contributed by atoms with Crippen molar-refractivity contribution in [2.45, 2.75) is 9.79 Å². The average molecular weight is 407 g/mol. The summed E-state index contributed by atoms with van der Waals surface area (Å²) in [6.07, 6.45) is 1.61. The quantitative estimate of drug-likeness (QED) is 0.492. The number of para-hydroxylation sites is 1. The van der Waals surface area contributed by atoms with Crippen LogP contribution in [0, 0.1) is 0 Å². The van der Waals surface area contributed by atoms with Crippen LogP contribution in [0.3, 0.4) is 0 Å². The van der Waals surface area contributed by atoms with Crippen molar-refractivity contribution in [1.29, 1.82) is 0 Å². The maximum Gasteiger partial charge on any atom is 0.282 e. The molecule has 0 unspecified atom stereocenters. The zero-order chi connectivity index (χ0) is 19.5. The van der Waals surface area contributed by atoms with Gasteiger partial charge in [0.2, 0.25) is 0 Å². The van der Waals surface area contributed by atoms with E-state index in [9.17, 15) is 9.59 Å². The van der Waals surface area contributed by atoms with Crippen LogP contribution in [-0.2, 0) is 9.59 Å². The number of benzene rings is 3. The Balaban J connectivity index is 1.51. The first-order valence-electron chi connectivity index (χ1n) is 8.56. The summed E-state index contributed by atoms with van der Waals surface area (Å²) in [6, 6.07) is 24.3. The molecule has 4 rings (SSSR count). The molecule has 2 amide bonds. The average Bonchev–Trinajstić information content (AvgIpc) is 3.00. The first-order valence-corrected chi connectivity index (χ1v) is 9.75. The molecular weight excluding hydrogens is 392 g/mol. The maximum absolute atomic E-state index is 12.6. The molecule has 138 valence electrons. The number of hydrogen-bond acceptors (Lipinski definition) is 3. The summed E-state index contributed by atoms with van der Waals surface area (Å²) >= 11 is 7.52. The van der Waals surface area contributed by atoms with E-state index < -0.39 is 5.91 Å². The van der Waals surface area contributed by atoms with Gasteiger partial charge in [-0.1, -0.05) is 53.7 Å². The molecule has 1 aliphatic heterocycles. The van der Waals surface area contributed by atoms with E-state index in [0.717, 1.165) is 15.4 Å². The molecule has 1 fully saturated rings. The lowest BCUT2D eigenvalue weighted by Gasteiger charge is -2.13. The van der Waals surface area contributed by atoms with E-state index in [1.165, 1.54) is 5.01 Å². The SMILES string of the molecule is O=C1NN(c2ccccc2)C(=O)/C1=C\c1ccc(Sc2ccc(Cl)cc2)cc1. The molecular formula is C22H15ClN2O2S. The van der Waals surface area contributed by atoms with E-state index >= 15 is 0 Å². The van der Waals surface area contributed by atoms with Gasteiger partial charge in [0.05, 0.1) is 5.69 Å². The van der Waals surface area contributed by atoms with Gasteiger partial charge in [-0.25, -0.2) is 5.01 Å². The Kier molecular flexibility index (Phi) is 5.19. The summed E-state index contributed by atoms with van der Waals surface area (Å²) in [5.74, 6) is -0.774. The second-order valence-corrected chi connectivity index (χ2v) is 7.68. The van der Waals surface area contributed by atoms with Crippen LogP contribution in [0.4, 0.5) is 5.69 Å². The third kappa shape index (κ3) is 3.96. The van der Waals surface area contributed by atoms with E-state index in [1.54, 1.807) is 30.0 Å². The van der Waals surface area contributed by atoms with Crippen molar-refractivity contribution >= 4 is 46.9 Å². The topological polar surface area (TPSA) is 49.4 Å². The van der Waals surface area contributed by atoms with Gasteiger partial charge in [0.15, 0.2) is 0 Å². The summed E-state index contributed by atoms with van der Waals surface area (Å²) in [6.45, 7) is 0. The molecule has 3 aromatic carbocycles. The third-order valence-corrected chi connectivity index (χ3v) is 5.41. The number of amides is 2. The molecule has 0 atom stereocenters. The van der Waals surface area contributed by atoms with Gasteiger partial charge in [-0.05, 0) is 60.2 Å². The fraction of sp³-hybridized carbons (Fsp3) is 0. The molecule has 0 saturated carbocycles. The lowest BCUT2D eigenvalue weighted by atomic mass is 10.1. The van der Waals surface area contributed by atoms with Crippen LogP contribution in [0.25, 0.3) is 6.08 Å². The molecule has 0 radical (unpaired) electrons. The van der Waals surface area contributed by atoms with Gasteiger partial charge in [-0.3, -0.25) is 15.0 Å². The Labute approximate surface area is 171 Å². The van der Waals surface area contributed by atoms with Crippen LogP contribution in [0.2, 0.25) is 5.02 Å². The fourth-order valence-corrected chi connectivity index (χ4v) is 3.70. The Morgan fingerprint density at radius 3 is 2.07 bits per heavy atom. The van der Waals surface area contributed by atoms with E-state index in [1.807, 2.05) is 66.7 Å². The van der Waals surface area contributed by atoms with Gasteiger partial charge in [0, 0.05) is 14.8 Å². The number of carbonyl (C=O) groups is 2. The lowest BCUT2D eigenvalue weighted by Crippen LogP contribution is -2.35. The second-order valence-electron chi connectivity index (χ2n) is 6.10. The number of halogens is 1. The number of carbonyl (C=O) groups excluding carboxylic acids is 2. The minimum atomic E-state index is -0.409. The predicted octanol–water partition coefficient (Wildman–Crippen LogP) is 4.95. The van der Waals surface area contributed by atoms with Crippen molar-refractivity contribution in [3.63, 3.8) is 0 Å². The molecule has 28 heavy (non-hydrogen) atoms. The van der Waals surface area contributed by atoms with Crippen LogP contribution in [0.15, 0.2) is 94.2 Å². The third-order valence-electron chi connectivity index (χ3n) is 4.15. The Morgan fingerprint density at radius 1 is 0.821 bits per heavy atom. The molecule has 0 aromatic heterocycles. The highest BCUT2D eigenvalue weighted by Gasteiger charge is 2.34. The van der Waals surface area contributed by atoms with Crippen LogP contribution < -0.4 is 10.4 Å². The highest BCUT2D eigenvalue weighted by Crippen LogP contribution is 2.29. The van der Waals surface area contributed by atoms with Gasteiger partial charge < -0.3 is 0 Å². The second kappa shape index (κ2) is 7.92. The van der Waals surface area contributed by atoms with Gasteiger partial charge in [0.1, 0.15) is 5.57 Å². The summed E-state index contributed by atoms with van der Waals surface area (Å²) in [5.41, 5.74) is 4.12. The molecule has 1 aliphatic rings. The molecule has 4 nitrogen and oxygen atoms in total. The predicted molar refractivity (Wildman–Crippen MR) is 112 cm³/mol. The van der Waals surface area contributed by atoms with Crippen LogP contribution in [0.1, 0.15) is 5.56 Å². The van der Waals surface area contributed by atoms with E-state index in [0.29, 0.717) is 10.7 Å². The molecule has 0 spiro atoms. The van der Waals surface area contributed by atoms with Crippen LogP contribution in [0.5, 0.6) is 0 Å². The van der Waals surface area contributed by atoms with Gasteiger partial charge in [-0.15, -0.1) is 0 Å².